The SMILES string of the molecule is Clc1nc(C2CCCCS2)nc(Cl)c1-c1ccccc1Br. The summed E-state index contributed by atoms with van der Waals surface area (Å²) >= 11 is 18.2. The van der Waals surface area contributed by atoms with E-state index in [1.807, 2.05) is 36.0 Å². The molecule has 0 aliphatic carbocycles. The number of rotatable bonds is 2. The highest BCUT2D eigenvalue weighted by molar-refractivity contribution is 9.10. The van der Waals surface area contributed by atoms with Crippen molar-refractivity contribution in [2.75, 3.05) is 5.75 Å². The Balaban J connectivity index is 2.02. The van der Waals surface area contributed by atoms with Gasteiger partial charge in [-0.15, -0.1) is 0 Å². The fourth-order valence-electron chi connectivity index (χ4n) is 2.40. The number of hydrogen-bond acceptors (Lipinski definition) is 3. The number of benzene rings is 1. The molecule has 0 saturated carbocycles. The summed E-state index contributed by atoms with van der Waals surface area (Å²) in [5.74, 6) is 1.90. The zero-order valence-corrected chi connectivity index (χ0v) is 15.1. The van der Waals surface area contributed by atoms with Crippen LogP contribution in [0.15, 0.2) is 28.7 Å². The van der Waals surface area contributed by atoms with Crippen LogP contribution in [-0.2, 0) is 0 Å². The maximum atomic E-state index is 6.39. The summed E-state index contributed by atoms with van der Waals surface area (Å²) in [4.78, 5) is 9.01. The van der Waals surface area contributed by atoms with Crippen molar-refractivity contribution in [3.05, 3.63) is 44.9 Å². The summed E-state index contributed by atoms with van der Waals surface area (Å²) in [5, 5.41) is 1.15. The monoisotopic (exact) mass is 402 g/mol. The van der Waals surface area contributed by atoms with E-state index in [0.717, 1.165) is 28.0 Å². The smallest absolute Gasteiger partial charge is 0.144 e. The van der Waals surface area contributed by atoms with Crippen LogP contribution in [0.3, 0.4) is 0 Å². The van der Waals surface area contributed by atoms with Crippen LogP contribution in [0.2, 0.25) is 10.3 Å². The molecule has 0 spiro atoms. The number of nitrogens with zero attached hydrogens (tertiary/aromatic N) is 2. The molecule has 2 nitrogen and oxygen atoms in total. The zero-order chi connectivity index (χ0) is 14.8. The fourth-order valence-corrected chi connectivity index (χ4v) is 4.73. The largest absolute Gasteiger partial charge is 0.219 e. The van der Waals surface area contributed by atoms with Crippen LogP contribution >= 0.6 is 50.9 Å². The first-order valence-electron chi connectivity index (χ1n) is 6.76. The molecule has 1 saturated heterocycles. The van der Waals surface area contributed by atoms with Gasteiger partial charge >= 0.3 is 0 Å². The van der Waals surface area contributed by atoms with Gasteiger partial charge in [0.15, 0.2) is 0 Å². The molecule has 1 aliphatic rings. The zero-order valence-electron chi connectivity index (χ0n) is 11.2. The number of aromatic nitrogens is 2. The third kappa shape index (κ3) is 3.39. The maximum absolute atomic E-state index is 6.39. The second-order valence-corrected chi connectivity index (χ2v) is 7.75. The molecule has 2 heterocycles. The summed E-state index contributed by atoms with van der Waals surface area (Å²) in [6.45, 7) is 0. The van der Waals surface area contributed by atoms with E-state index < -0.39 is 0 Å². The summed E-state index contributed by atoms with van der Waals surface area (Å²) in [5.41, 5.74) is 1.60. The van der Waals surface area contributed by atoms with Crippen LogP contribution < -0.4 is 0 Å². The van der Waals surface area contributed by atoms with Crippen LogP contribution in [0.4, 0.5) is 0 Å². The van der Waals surface area contributed by atoms with Gasteiger partial charge in [0.05, 0.1) is 10.8 Å². The first kappa shape index (κ1) is 15.6. The van der Waals surface area contributed by atoms with Gasteiger partial charge in [0.2, 0.25) is 0 Å². The molecule has 1 aromatic heterocycles. The molecule has 1 aromatic carbocycles. The second kappa shape index (κ2) is 6.86. The third-order valence-electron chi connectivity index (χ3n) is 3.45. The molecule has 0 N–H and O–H groups in total. The molecular weight excluding hydrogens is 391 g/mol. The van der Waals surface area contributed by atoms with Crippen LogP contribution in [-0.4, -0.2) is 15.7 Å². The normalized spacial score (nSPS) is 18.7. The minimum Gasteiger partial charge on any atom is -0.219 e. The van der Waals surface area contributed by atoms with E-state index in [4.69, 9.17) is 23.2 Å². The van der Waals surface area contributed by atoms with Crippen molar-refractivity contribution < 1.29 is 0 Å². The van der Waals surface area contributed by atoms with Gasteiger partial charge in [-0.05, 0) is 24.7 Å². The van der Waals surface area contributed by atoms with E-state index >= 15 is 0 Å². The number of thioether (sulfide) groups is 1. The van der Waals surface area contributed by atoms with Crippen molar-refractivity contribution in [2.24, 2.45) is 0 Å². The van der Waals surface area contributed by atoms with Crippen molar-refractivity contribution in [1.82, 2.24) is 9.97 Å². The Labute approximate surface area is 146 Å². The fraction of sp³-hybridized carbons (Fsp3) is 0.333. The van der Waals surface area contributed by atoms with Gasteiger partial charge in [-0.25, -0.2) is 9.97 Å². The summed E-state index contributed by atoms with van der Waals surface area (Å²) in [6.07, 6.45) is 3.56. The number of halogens is 3. The predicted octanol–water partition coefficient (Wildman–Crippen LogP) is 6.17. The van der Waals surface area contributed by atoms with Gasteiger partial charge in [-0.3, -0.25) is 0 Å². The molecule has 1 aliphatic heterocycles. The molecule has 0 bridgehead atoms. The lowest BCUT2D eigenvalue weighted by Crippen LogP contribution is -2.07. The molecule has 6 heteroatoms. The average Bonchev–Trinajstić information content (AvgIpc) is 2.49. The molecule has 1 atom stereocenters. The molecular formula is C15H13BrCl2N2S. The Morgan fingerprint density at radius 3 is 2.43 bits per heavy atom. The van der Waals surface area contributed by atoms with Crippen molar-refractivity contribution in [2.45, 2.75) is 24.5 Å². The van der Waals surface area contributed by atoms with Crippen LogP contribution in [0.5, 0.6) is 0 Å². The Morgan fingerprint density at radius 1 is 1.10 bits per heavy atom. The Bertz CT molecular complexity index is 637. The Hall–Kier alpha value is -0.290. The molecule has 21 heavy (non-hydrogen) atoms. The summed E-state index contributed by atoms with van der Waals surface area (Å²) in [6, 6.07) is 7.80. The van der Waals surface area contributed by atoms with Crippen molar-refractivity contribution in [3.63, 3.8) is 0 Å². The van der Waals surface area contributed by atoms with E-state index in [1.54, 1.807) is 0 Å². The third-order valence-corrected chi connectivity index (χ3v) is 6.06. The second-order valence-electron chi connectivity index (χ2n) is 4.87. The lowest BCUT2D eigenvalue weighted by molar-refractivity contribution is 0.662. The van der Waals surface area contributed by atoms with E-state index in [-0.39, 0.29) is 0 Å². The highest BCUT2D eigenvalue weighted by atomic mass is 79.9. The maximum Gasteiger partial charge on any atom is 0.144 e. The molecule has 0 radical (unpaired) electrons. The lowest BCUT2D eigenvalue weighted by atomic mass is 10.1. The lowest BCUT2D eigenvalue weighted by Gasteiger charge is -2.20. The predicted molar refractivity (Wildman–Crippen MR) is 94.2 cm³/mol. The van der Waals surface area contributed by atoms with Gasteiger partial charge in [0.25, 0.3) is 0 Å². The highest BCUT2D eigenvalue weighted by Crippen LogP contribution is 2.41. The topological polar surface area (TPSA) is 25.8 Å². The quantitative estimate of drug-likeness (QED) is 0.560. The Morgan fingerprint density at radius 2 is 1.81 bits per heavy atom. The van der Waals surface area contributed by atoms with Gasteiger partial charge < -0.3 is 0 Å². The van der Waals surface area contributed by atoms with E-state index in [9.17, 15) is 0 Å². The van der Waals surface area contributed by atoms with Gasteiger partial charge in [-0.1, -0.05) is 63.8 Å². The van der Waals surface area contributed by atoms with Crippen LogP contribution in [0.25, 0.3) is 11.1 Å². The van der Waals surface area contributed by atoms with Gasteiger partial charge in [0.1, 0.15) is 16.1 Å². The van der Waals surface area contributed by atoms with E-state index in [0.29, 0.717) is 21.1 Å². The first-order chi connectivity index (χ1) is 10.2. The van der Waals surface area contributed by atoms with Crippen molar-refractivity contribution in [3.8, 4) is 11.1 Å². The van der Waals surface area contributed by atoms with Crippen LogP contribution in [0, 0.1) is 0 Å². The molecule has 110 valence electrons. The molecule has 2 aromatic rings. The minimum absolute atomic E-state index is 0.307. The summed E-state index contributed by atoms with van der Waals surface area (Å²) < 4.78 is 0.928. The molecule has 0 amide bonds. The van der Waals surface area contributed by atoms with Crippen molar-refractivity contribution >= 4 is 50.9 Å². The van der Waals surface area contributed by atoms with E-state index in [1.165, 1.54) is 12.8 Å². The van der Waals surface area contributed by atoms with Crippen molar-refractivity contribution in [1.29, 1.82) is 0 Å². The standard InChI is InChI=1S/C15H13BrCl2N2S/c16-10-6-2-1-5-9(10)12-13(17)19-15(20-14(12)18)11-7-3-4-8-21-11/h1-2,5-6,11H,3-4,7-8H2. The molecule has 1 fully saturated rings. The molecule has 3 rings (SSSR count). The van der Waals surface area contributed by atoms with Gasteiger partial charge in [0, 0.05) is 10.0 Å². The van der Waals surface area contributed by atoms with E-state index in [2.05, 4.69) is 25.9 Å². The highest BCUT2D eigenvalue weighted by Gasteiger charge is 2.22. The van der Waals surface area contributed by atoms with Crippen LogP contribution in [0.1, 0.15) is 30.3 Å². The Kier molecular flexibility index (Phi) is 5.10. The number of hydrogen-bond donors (Lipinski definition) is 0. The minimum atomic E-state index is 0.307. The molecule has 1 unspecified atom stereocenters. The summed E-state index contributed by atoms with van der Waals surface area (Å²) in [7, 11) is 0. The first-order valence-corrected chi connectivity index (χ1v) is 9.36. The average molecular weight is 404 g/mol. The van der Waals surface area contributed by atoms with Gasteiger partial charge in [-0.2, -0.15) is 11.8 Å².